The Bertz CT molecular complexity index is 744. The second-order valence-electron chi connectivity index (χ2n) is 4.14. The lowest BCUT2D eigenvalue weighted by Gasteiger charge is -2.16. The molecule has 10 heteroatoms. The van der Waals surface area contributed by atoms with Crippen LogP contribution in [0.15, 0.2) is 14.5 Å². The first-order chi connectivity index (χ1) is 8.00. The van der Waals surface area contributed by atoms with Crippen molar-refractivity contribution in [3.05, 3.63) is 11.6 Å². The molecule has 0 spiro atoms. The van der Waals surface area contributed by atoms with E-state index >= 15 is 0 Å². The number of hydrogen-bond acceptors (Lipinski definition) is 6. The van der Waals surface area contributed by atoms with Crippen molar-refractivity contribution in [1.82, 2.24) is 0 Å². The topological polar surface area (TPSA) is 132 Å². The molecule has 1 aliphatic rings. The number of hydrogen-bond donors (Lipinski definition) is 2. The summed E-state index contributed by atoms with van der Waals surface area (Å²) in [5.74, 6) is -1.46. The molecule has 1 atom stereocenters. The lowest BCUT2D eigenvalue weighted by atomic mass is 10.0. The Labute approximate surface area is 107 Å². The molecule has 100 valence electrons. The van der Waals surface area contributed by atoms with Crippen molar-refractivity contribution < 1.29 is 26.7 Å². The van der Waals surface area contributed by atoms with E-state index < -0.39 is 30.6 Å². The van der Waals surface area contributed by atoms with E-state index in [1.165, 1.54) is 0 Å². The van der Waals surface area contributed by atoms with E-state index in [0.717, 1.165) is 13.0 Å². The molecule has 0 fully saturated rings. The van der Waals surface area contributed by atoms with Crippen LogP contribution in [-0.2, 0) is 31.1 Å². The van der Waals surface area contributed by atoms with Crippen molar-refractivity contribution in [3.63, 3.8) is 0 Å². The average molecular weight is 311 g/mol. The highest BCUT2D eigenvalue weighted by molar-refractivity contribution is 7.97. The van der Waals surface area contributed by atoms with E-state index in [2.05, 4.69) is 0 Å². The van der Waals surface area contributed by atoms with Crippen molar-refractivity contribution >= 4 is 37.2 Å². The first-order valence-electron chi connectivity index (χ1n) is 4.64. The number of fused-ring (bicyclic) bond motifs is 1. The van der Waals surface area contributed by atoms with Gasteiger partial charge in [0, 0.05) is 6.42 Å². The molecular weight excluding hydrogens is 302 g/mol. The number of aliphatic carboxylic acids is 1. The number of primary sulfonamides is 1. The lowest BCUT2D eigenvalue weighted by Crippen LogP contribution is -2.41. The number of thiophene rings is 1. The Kier molecular flexibility index (Phi) is 2.64. The maximum Gasteiger partial charge on any atom is 0.325 e. The molecule has 2 heterocycles. The number of nitrogens with two attached hydrogens (primary N) is 1. The maximum atomic E-state index is 12.1. The van der Waals surface area contributed by atoms with Gasteiger partial charge in [0.2, 0.25) is 19.9 Å². The summed E-state index contributed by atoms with van der Waals surface area (Å²) < 4.78 is 44.0. The largest absolute Gasteiger partial charge is 0.480 e. The molecular formula is C8H9NO6S3. The fourth-order valence-electron chi connectivity index (χ4n) is 1.73. The van der Waals surface area contributed by atoms with Crippen LogP contribution in [0.4, 0.5) is 0 Å². The van der Waals surface area contributed by atoms with Crippen LogP contribution in [0.25, 0.3) is 0 Å². The molecule has 0 bridgehead atoms. The summed E-state index contributed by atoms with van der Waals surface area (Å²) in [6, 6.07) is 1.13. The van der Waals surface area contributed by atoms with Crippen LogP contribution in [0.1, 0.15) is 12.5 Å². The van der Waals surface area contributed by atoms with E-state index in [1.807, 2.05) is 0 Å². The van der Waals surface area contributed by atoms with Crippen LogP contribution in [0.5, 0.6) is 0 Å². The van der Waals surface area contributed by atoms with Gasteiger partial charge in [0.15, 0.2) is 4.75 Å². The van der Waals surface area contributed by atoms with Crippen molar-refractivity contribution in [1.29, 1.82) is 0 Å². The van der Waals surface area contributed by atoms with Crippen LogP contribution >= 0.6 is 11.3 Å². The van der Waals surface area contributed by atoms with Crippen LogP contribution < -0.4 is 5.14 Å². The van der Waals surface area contributed by atoms with Crippen LogP contribution in [-0.4, -0.2) is 32.7 Å². The fraction of sp³-hybridized carbons (Fsp3) is 0.375. The summed E-state index contributed by atoms with van der Waals surface area (Å²) in [5, 5.41) is 13.9. The van der Waals surface area contributed by atoms with Crippen LogP contribution in [0.3, 0.4) is 0 Å². The molecule has 2 rings (SSSR count). The van der Waals surface area contributed by atoms with Gasteiger partial charge < -0.3 is 5.11 Å². The lowest BCUT2D eigenvalue weighted by molar-refractivity contribution is -0.139. The van der Waals surface area contributed by atoms with Gasteiger partial charge in [0.05, 0.1) is 0 Å². The van der Waals surface area contributed by atoms with Crippen LogP contribution in [0, 0.1) is 0 Å². The molecule has 3 N–H and O–H groups in total. The Morgan fingerprint density at radius 3 is 2.50 bits per heavy atom. The van der Waals surface area contributed by atoms with E-state index in [4.69, 9.17) is 10.2 Å². The van der Waals surface area contributed by atoms with Gasteiger partial charge in [0.25, 0.3) is 0 Å². The third kappa shape index (κ3) is 1.60. The van der Waals surface area contributed by atoms with Crippen molar-refractivity contribution in [2.45, 2.75) is 26.5 Å². The molecule has 0 radical (unpaired) electrons. The standard InChI is InChI=1S/C8H9NO6S3/c1-8(7(10)11)3-4-2-5(18(9,14)15)16-6(4)17(8,12)13/h2H,3H2,1H3,(H,10,11)(H2,9,14,15). The molecule has 1 aliphatic heterocycles. The van der Waals surface area contributed by atoms with E-state index in [-0.39, 0.29) is 20.4 Å². The average Bonchev–Trinajstić information content (AvgIpc) is 2.66. The fourth-order valence-corrected chi connectivity index (χ4v) is 6.28. The molecule has 18 heavy (non-hydrogen) atoms. The van der Waals surface area contributed by atoms with Gasteiger partial charge in [0.1, 0.15) is 8.42 Å². The van der Waals surface area contributed by atoms with Gasteiger partial charge in [-0.1, -0.05) is 0 Å². The molecule has 7 nitrogen and oxygen atoms in total. The highest BCUT2D eigenvalue weighted by Gasteiger charge is 2.55. The zero-order valence-corrected chi connectivity index (χ0v) is 11.5. The second-order valence-corrected chi connectivity index (χ2v) is 9.55. The number of carbonyl (C=O) groups is 1. The minimum absolute atomic E-state index is 0.189. The Morgan fingerprint density at radius 1 is 1.56 bits per heavy atom. The number of carboxylic acids is 1. The number of carboxylic acid groups (broad SMARTS) is 1. The first kappa shape index (κ1) is 13.5. The van der Waals surface area contributed by atoms with Gasteiger partial charge in [-0.15, -0.1) is 11.3 Å². The van der Waals surface area contributed by atoms with Crippen molar-refractivity contribution in [2.24, 2.45) is 5.14 Å². The molecule has 0 aromatic carbocycles. The van der Waals surface area contributed by atoms with Gasteiger partial charge in [-0.2, -0.15) is 0 Å². The molecule has 1 unspecified atom stereocenters. The number of sulfonamides is 1. The number of rotatable bonds is 2. The molecule has 0 aliphatic carbocycles. The van der Waals surface area contributed by atoms with E-state index in [9.17, 15) is 21.6 Å². The summed E-state index contributed by atoms with van der Waals surface area (Å²) in [4.78, 5) is 11.1. The SMILES string of the molecule is CC1(C(=O)O)Cc2cc(S(N)(=O)=O)sc2S1(=O)=O. The summed E-state index contributed by atoms with van der Waals surface area (Å²) in [6.45, 7) is 1.11. The normalized spacial score (nSPS) is 25.9. The molecule has 0 amide bonds. The third-order valence-corrected chi connectivity index (χ3v) is 8.40. The Morgan fingerprint density at radius 2 is 2.11 bits per heavy atom. The van der Waals surface area contributed by atoms with Crippen molar-refractivity contribution in [3.8, 4) is 0 Å². The van der Waals surface area contributed by atoms with E-state index in [1.54, 1.807) is 0 Å². The zero-order chi connectivity index (χ0) is 13.9. The minimum Gasteiger partial charge on any atom is -0.480 e. The predicted octanol–water partition coefficient (Wildman–Crippen LogP) is -0.431. The zero-order valence-electron chi connectivity index (χ0n) is 9.08. The Hall–Kier alpha value is -0.970. The smallest absolute Gasteiger partial charge is 0.325 e. The summed E-state index contributed by atoms with van der Waals surface area (Å²) in [6.07, 6.45) is -0.258. The highest BCUT2D eigenvalue weighted by atomic mass is 32.3. The summed E-state index contributed by atoms with van der Waals surface area (Å²) in [5.41, 5.74) is 0.189. The summed E-state index contributed by atoms with van der Waals surface area (Å²) in [7, 11) is -8.07. The summed E-state index contributed by atoms with van der Waals surface area (Å²) >= 11 is 0.491. The molecule has 1 aromatic rings. The predicted molar refractivity (Wildman–Crippen MR) is 62.6 cm³/mol. The van der Waals surface area contributed by atoms with Crippen LogP contribution in [0.2, 0.25) is 0 Å². The molecule has 0 saturated carbocycles. The maximum absolute atomic E-state index is 12.1. The van der Waals surface area contributed by atoms with Gasteiger partial charge in [-0.05, 0) is 18.6 Å². The van der Waals surface area contributed by atoms with Crippen molar-refractivity contribution in [2.75, 3.05) is 0 Å². The van der Waals surface area contributed by atoms with E-state index in [0.29, 0.717) is 11.3 Å². The van der Waals surface area contributed by atoms with Gasteiger partial charge in [-0.25, -0.2) is 22.0 Å². The minimum atomic E-state index is -4.09. The Balaban J connectivity index is 2.68. The quantitative estimate of drug-likeness (QED) is 0.761. The van der Waals surface area contributed by atoms with Gasteiger partial charge in [-0.3, -0.25) is 4.79 Å². The van der Waals surface area contributed by atoms with Gasteiger partial charge >= 0.3 is 5.97 Å². The molecule has 0 saturated heterocycles. The number of sulfone groups is 1. The second kappa shape index (κ2) is 3.53. The highest BCUT2D eigenvalue weighted by Crippen LogP contribution is 2.44. The monoisotopic (exact) mass is 311 g/mol. The third-order valence-electron chi connectivity index (χ3n) is 2.85. The first-order valence-corrected chi connectivity index (χ1v) is 8.48. The molecule has 1 aromatic heterocycles.